The van der Waals surface area contributed by atoms with Gasteiger partial charge in [0.1, 0.15) is 23.5 Å². The first-order valence-corrected chi connectivity index (χ1v) is 9.02. The van der Waals surface area contributed by atoms with Crippen LogP contribution in [0.3, 0.4) is 0 Å². The monoisotopic (exact) mass is 369 g/mol. The zero-order chi connectivity index (χ0) is 18.8. The number of H-pyrrole nitrogens is 1. The largest absolute Gasteiger partial charge is 0.488 e. The van der Waals surface area contributed by atoms with Crippen LogP contribution in [0.4, 0.5) is 0 Å². The number of benzene rings is 2. The molecular formula is C22H15N3O3. The highest BCUT2D eigenvalue weighted by Gasteiger charge is 2.23. The molecule has 0 spiro atoms. The van der Waals surface area contributed by atoms with Crippen LogP contribution in [0.2, 0.25) is 0 Å². The van der Waals surface area contributed by atoms with Crippen LogP contribution >= 0.6 is 0 Å². The van der Waals surface area contributed by atoms with Crippen molar-refractivity contribution in [2.45, 2.75) is 0 Å². The molecule has 5 aromatic rings. The average Bonchev–Trinajstić information content (AvgIpc) is 3.25. The molecule has 136 valence electrons. The van der Waals surface area contributed by atoms with Gasteiger partial charge >= 0.3 is 0 Å². The highest BCUT2D eigenvalue weighted by Crippen LogP contribution is 2.39. The summed E-state index contributed by atoms with van der Waals surface area (Å²) in [6.07, 6.45) is 4.05. The van der Waals surface area contributed by atoms with Gasteiger partial charge < -0.3 is 14.3 Å². The minimum absolute atomic E-state index is 0.0832. The lowest BCUT2D eigenvalue weighted by Crippen LogP contribution is -2.07. The second-order valence-corrected chi connectivity index (χ2v) is 6.99. The van der Waals surface area contributed by atoms with Crippen molar-refractivity contribution < 1.29 is 9.15 Å². The van der Waals surface area contributed by atoms with Crippen LogP contribution in [-0.4, -0.2) is 21.4 Å². The highest BCUT2D eigenvalue weighted by atomic mass is 16.5. The summed E-state index contributed by atoms with van der Waals surface area (Å²) in [5.74, 6) is 0.869. The van der Waals surface area contributed by atoms with Crippen molar-refractivity contribution in [2.75, 3.05) is 6.61 Å². The minimum Gasteiger partial charge on any atom is -0.488 e. The van der Waals surface area contributed by atoms with Crippen molar-refractivity contribution in [3.63, 3.8) is 0 Å². The summed E-state index contributed by atoms with van der Waals surface area (Å²) in [6.45, 7) is 0.434. The van der Waals surface area contributed by atoms with E-state index in [1.165, 1.54) is 6.07 Å². The Morgan fingerprint density at radius 1 is 1.14 bits per heavy atom. The number of nitrogens with one attached hydrogen (secondary N) is 1. The molecule has 0 atom stereocenters. The number of ether oxygens (including phenoxy) is 1. The normalized spacial score (nSPS) is 13.7. The van der Waals surface area contributed by atoms with E-state index in [4.69, 9.17) is 14.1 Å². The van der Waals surface area contributed by atoms with Gasteiger partial charge in [-0.2, -0.15) is 0 Å². The lowest BCUT2D eigenvalue weighted by molar-refractivity contribution is 0.366. The van der Waals surface area contributed by atoms with Crippen LogP contribution in [0, 0.1) is 0 Å². The number of rotatable bonds is 1. The van der Waals surface area contributed by atoms with Gasteiger partial charge in [-0.25, -0.2) is 4.98 Å². The molecule has 3 aromatic heterocycles. The zero-order valence-electron chi connectivity index (χ0n) is 15.0. The molecule has 0 amide bonds. The standard InChI is InChI=1S/C22H15N3O3/c1-25-22-16(10-23-25)19(13-8-12-4-2-3-5-17(12)27-11-13)21-20(24-22)15-7-6-14(26)9-18(15)28-21/h2-10,23H,11H2,1H3. The molecule has 0 saturated heterocycles. The molecule has 0 aliphatic carbocycles. The fourth-order valence-electron chi connectivity index (χ4n) is 3.94. The lowest BCUT2D eigenvalue weighted by atomic mass is 9.98. The van der Waals surface area contributed by atoms with Crippen molar-refractivity contribution >= 4 is 44.8 Å². The maximum Gasteiger partial charge on any atom is 0.182 e. The Hall–Kier alpha value is -3.80. The number of fused-ring (bicyclic) bond motifs is 5. The highest BCUT2D eigenvalue weighted by molar-refractivity contribution is 6.13. The molecule has 1 aliphatic rings. The van der Waals surface area contributed by atoms with E-state index >= 15 is 0 Å². The van der Waals surface area contributed by atoms with Crippen molar-refractivity contribution in [3.8, 4) is 5.75 Å². The number of aromatic amines is 1. The predicted molar refractivity (Wildman–Crippen MR) is 108 cm³/mol. The van der Waals surface area contributed by atoms with Gasteiger partial charge in [0.15, 0.2) is 16.7 Å². The third kappa shape index (κ3) is 2.02. The van der Waals surface area contributed by atoms with E-state index in [9.17, 15) is 4.79 Å². The molecule has 6 nitrogen and oxygen atoms in total. The van der Waals surface area contributed by atoms with Crippen LogP contribution in [-0.2, 0) is 7.05 Å². The molecule has 0 radical (unpaired) electrons. The summed E-state index contributed by atoms with van der Waals surface area (Å²) in [6, 6.07) is 12.8. The Kier molecular flexibility index (Phi) is 2.92. The van der Waals surface area contributed by atoms with Gasteiger partial charge in [-0.3, -0.25) is 9.48 Å². The number of pyridine rings is 1. The van der Waals surface area contributed by atoms with Crippen molar-refractivity contribution in [1.29, 1.82) is 0 Å². The first-order chi connectivity index (χ1) is 13.7. The maximum absolute atomic E-state index is 11.8. The summed E-state index contributed by atoms with van der Waals surface area (Å²) in [5.41, 5.74) is 5.67. The number of furan rings is 1. The van der Waals surface area contributed by atoms with E-state index in [-0.39, 0.29) is 5.43 Å². The molecular weight excluding hydrogens is 354 g/mol. The number of nitrogens with zero attached hydrogens (tertiary/aromatic N) is 2. The SMILES string of the molecule is Cn1[nH]cc2c(C3=Cc4ccccc4OC3)c3oc4cc(=O)ccc4c3nc21. The van der Waals surface area contributed by atoms with E-state index in [0.717, 1.165) is 44.4 Å². The number of hydrogen-bond acceptors (Lipinski definition) is 4. The fraction of sp³-hybridized carbons (Fsp3) is 0.0909. The second-order valence-electron chi connectivity index (χ2n) is 6.99. The topological polar surface area (TPSA) is 73.1 Å². The predicted octanol–water partition coefficient (Wildman–Crippen LogP) is 4.09. The summed E-state index contributed by atoms with van der Waals surface area (Å²) in [7, 11) is 1.92. The molecule has 4 heterocycles. The maximum atomic E-state index is 11.8. The van der Waals surface area contributed by atoms with Crippen LogP contribution in [0.1, 0.15) is 11.1 Å². The van der Waals surface area contributed by atoms with E-state index in [0.29, 0.717) is 17.8 Å². The number of para-hydroxylation sites is 1. The summed E-state index contributed by atoms with van der Waals surface area (Å²) < 4.78 is 14.0. The third-order valence-electron chi connectivity index (χ3n) is 5.26. The molecule has 28 heavy (non-hydrogen) atoms. The first-order valence-electron chi connectivity index (χ1n) is 9.02. The number of aryl methyl sites for hydroxylation is 1. The van der Waals surface area contributed by atoms with E-state index in [1.54, 1.807) is 12.1 Å². The Bertz CT molecular complexity index is 1500. The van der Waals surface area contributed by atoms with Gasteiger partial charge in [0.2, 0.25) is 0 Å². The molecule has 0 fully saturated rings. The van der Waals surface area contributed by atoms with Gasteiger partial charge in [-0.15, -0.1) is 0 Å². The quantitative estimate of drug-likeness (QED) is 0.483. The van der Waals surface area contributed by atoms with Gasteiger partial charge in [0.25, 0.3) is 0 Å². The Labute approximate surface area is 158 Å². The molecule has 0 saturated carbocycles. The van der Waals surface area contributed by atoms with E-state index < -0.39 is 0 Å². The van der Waals surface area contributed by atoms with Crippen molar-refractivity contribution in [2.24, 2.45) is 7.05 Å². The number of aromatic nitrogens is 3. The summed E-state index contributed by atoms with van der Waals surface area (Å²) >= 11 is 0. The molecule has 1 aliphatic heterocycles. The minimum atomic E-state index is -0.0832. The Morgan fingerprint density at radius 2 is 2.04 bits per heavy atom. The molecule has 0 bridgehead atoms. The van der Waals surface area contributed by atoms with Gasteiger partial charge in [0.05, 0.1) is 0 Å². The van der Waals surface area contributed by atoms with E-state index in [1.807, 2.05) is 42.2 Å². The third-order valence-corrected chi connectivity index (χ3v) is 5.26. The van der Waals surface area contributed by atoms with Crippen LogP contribution in [0.15, 0.2) is 57.9 Å². The van der Waals surface area contributed by atoms with Gasteiger partial charge in [-0.05, 0) is 24.3 Å². The van der Waals surface area contributed by atoms with Gasteiger partial charge in [0, 0.05) is 46.8 Å². The van der Waals surface area contributed by atoms with Crippen LogP contribution < -0.4 is 10.2 Å². The molecule has 2 aromatic carbocycles. The van der Waals surface area contributed by atoms with E-state index in [2.05, 4.69) is 11.2 Å². The fourth-order valence-corrected chi connectivity index (χ4v) is 3.94. The molecule has 6 rings (SSSR count). The Balaban J connectivity index is 1.76. The lowest BCUT2D eigenvalue weighted by Gasteiger charge is -2.18. The molecule has 6 heteroatoms. The van der Waals surface area contributed by atoms with Crippen LogP contribution in [0.5, 0.6) is 5.75 Å². The van der Waals surface area contributed by atoms with Crippen molar-refractivity contribution in [3.05, 3.63) is 70.0 Å². The summed E-state index contributed by atoms with van der Waals surface area (Å²) in [4.78, 5) is 16.6. The van der Waals surface area contributed by atoms with Crippen molar-refractivity contribution in [1.82, 2.24) is 14.8 Å². The number of hydrogen-bond donors (Lipinski definition) is 1. The average molecular weight is 369 g/mol. The first kappa shape index (κ1) is 15.3. The van der Waals surface area contributed by atoms with Crippen LogP contribution in [0.25, 0.3) is 44.8 Å². The smallest absolute Gasteiger partial charge is 0.182 e. The molecule has 1 N–H and O–H groups in total. The molecule has 0 unspecified atom stereocenters. The Morgan fingerprint density at radius 3 is 2.96 bits per heavy atom. The summed E-state index contributed by atoms with van der Waals surface area (Å²) in [5, 5.41) is 4.97. The second kappa shape index (κ2) is 5.36. The zero-order valence-corrected chi connectivity index (χ0v) is 15.0. The van der Waals surface area contributed by atoms with Gasteiger partial charge in [-0.1, -0.05) is 18.2 Å².